The van der Waals surface area contributed by atoms with Crippen LogP contribution in [0.25, 0.3) is 0 Å². The van der Waals surface area contributed by atoms with E-state index >= 15 is 0 Å². The summed E-state index contributed by atoms with van der Waals surface area (Å²) < 4.78 is 28.6. The number of benzene rings is 1. The third-order valence-electron chi connectivity index (χ3n) is 1.89. The molecule has 1 N–H and O–H groups in total. The van der Waals surface area contributed by atoms with Crippen molar-refractivity contribution in [2.75, 3.05) is 18.7 Å². The van der Waals surface area contributed by atoms with Gasteiger partial charge < -0.3 is 10.1 Å². The standard InChI is InChI=1S/C11H12FNO3S/c1-16-11(14)10(17(2)15)7-13-9-5-3-4-8(12)6-9/h3-7,13H,1-2H3/b10-7+. The highest BCUT2D eigenvalue weighted by Crippen LogP contribution is 2.10. The van der Waals surface area contributed by atoms with Crippen molar-refractivity contribution in [2.45, 2.75) is 0 Å². The number of carbonyl (C=O) groups is 1. The van der Waals surface area contributed by atoms with Crippen molar-refractivity contribution in [2.24, 2.45) is 0 Å². The number of esters is 1. The number of hydrogen-bond acceptors (Lipinski definition) is 4. The minimum Gasteiger partial charge on any atom is -0.465 e. The topological polar surface area (TPSA) is 55.4 Å². The predicted molar refractivity (Wildman–Crippen MR) is 64.2 cm³/mol. The molecular weight excluding hydrogens is 245 g/mol. The van der Waals surface area contributed by atoms with Gasteiger partial charge in [0.15, 0.2) is 0 Å². The van der Waals surface area contributed by atoms with E-state index in [-0.39, 0.29) is 4.91 Å². The fourth-order valence-corrected chi connectivity index (χ4v) is 1.63. The first kappa shape index (κ1) is 13.4. The van der Waals surface area contributed by atoms with Gasteiger partial charge in [-0.25, -0.2) is 9.18 Å². The van der Waals surface area contributed by atoms with Gasteiger partial charge in [-0.15, -0.1) is 0 Å². The van der Waals surface area contributed by atoms with E-state index in [1.165, 1.54) is 37.8 Å². The molecule has 0 saturated heterocycles. The molecule has 0 aromatic heterocycles. The van der Waals surface area contributed by atoms with E-state index in [9.17, 15) is 13.4 Å². The van der Waals surface area contributed by atoms with Crippen molar-refractivity contribution in [3.8, 4) is 0 Å². The second-order valence-corrected chi connectivity index (χ2v) is 4.46. The summed E-state index contributed by atoms with van der Waals surface area (Å²) >= 11 is 0. The lowest BCUT2D eigenvalue weighted by atomic mass is 10.3. The largest absolute Gasteiger partial charge is 0.465 e. The van der Waals surface area contributed by atoms with Gasteiger partial charge in [0.2, 0.25) is 0 Å². The van der Waals surface area contributed by atoms with Crippen LogP contribution in [0.3, 0.4) is 0 Å². The van der Waals surface area contributed by atoms with E-state index in [1.807, 2.05) is 0 Å². The maximum Gasteiger partial charge on any atom is 0.348 e. The van der Waals surface area contributed by atoms with Crippen LogP contribution in [0, 0.1) is 5.82 Å². The Morgan fingerprint density at radius 1 is 1.53 bits per heavy atom. The predicted octanol–water partition coefficient (Wildman–Crippen LogP) is 1.63. The average Bonchev–Trinajstić information content (AvgIpc) is 2.28. The van der Waals surface area contributed by atoms with E-state index in [4.69, 9.17) is 0 Å². The quantitative estimate of drug-likeness (QED) is 0.658. The van der Waals surface area contributed by atoms with Gasteiger partial charge in [0.25, 0.3) is 0 Å². The highest BCUT2D eigenvalue weighted by molar-refractivity contribution is 7.89. The molecule has 17 heavy (non-hydrogen) atoms. The Morgan fingerprint density at radius 3 is 2.76 bits per heavy atom. The SMILES string of the molecule is COC(=O)/C(=C\Nc1cccc(F)c1)S(C)=O. The average molecular weight is 257 g/mol. The Kier molecular flexibility index (Phi) is 4.84. The Hall–Kier alpha value is -1.69. The molecule has 1 atom stereocenters. The van der Waals surface area contributed by atoms with Gasteiger partial charge in [0, 0.05) is 18.1 Å². The van der Waals surface area contributed by atoms with Gasteiger partial charge >= 0.3 is 5.97 Å². The van der Waals surface area contributed by atoms with Crippen molar-refractivity contribution in [1.82, 2.24) is 0 Å². The molecule has 0 fully saturated rings. The zero-order chi connectivity index (χ0) is 12.8. The van der Waals surface area contributed by atoms with Crippen LogP contribution >= 0.6 is 0 Å². The number of nitrogens with one attached hydrogen (secondary N) is 1. The van der Waals surface area contributed by atoms with Crippen LogP contribution in [-0.2, 0) is 20.3 Å². The summed E-state index contributed by atoms with van der Waals surface area (Å²) in [7, 11) is -0.282. The normalized spacial score (nSPS) is 13.0. The molecule has 0 spiro atoms. The zero-order valence-corrected chi connectivity index (χ0v) is 10.2. The van der Waals surface area contributed by atoms with E-state index in [1.54, 1.807) is 6.07 Å². The minimum absolute atomic E-state index is 0.0169. The molecule has 1 aromatic rings. The zero-order valence-electron chi connectivity index (χ0n) is 9.40. The Morgan fingerprint density at radius 2 is 2.24 bits per heavy atom. The molecule has 1 aromatic carbocycles. The summed E-state index contributed by atoms with van der Waals surface area (Å²) in [5.41, 5.74) is 0.455. The first-order valence-corrected chi connectivity index (χ1v) is 6.24. The van der Waals surface area contributed by atoms with Crippen LogP contribution in [0.1, 0.15) is 0 Å². The fraction of sp³-hybridized carbons (Fsp3) is 0.182. The smallest absolute Gasteiger partial charge is 0.348 e. The van der Waals surface area contributed by atoms with Crippen LogP contribution < -0.4 is 5.32 Å². The number of carbonyl (C=O) groups excluding carboxylic acids is 1. The number of halogens is 1. The van der Waals surface area contributed by atoms with Crippen LogP contribution in [0.4, 0.5) is 10.1 Å². The summed E-state index contributed by atoms with van der Waals surface area (Å²) in [6.45, 7) is 0. The van der Waals surface area contributed by atoms with Crippen LogP contribution in [0.2, 0.25) is 0 Å². The molecule has 0 radical (unpaired) electrons. The summed E-state index contributed by atoms with van der Waals surface area (Å²) in [5.74, 6) is -1.09. The molecular formula is C11H12FNO3S. The van der Waals surface area contributed by atoms with Crippen LogP contribution in [0.5, 0.6) is 0 Å². The fourth-order valence-electron chi connectivity index (χ4n) is 1.09. The number of methoxy groups -OCH3 is 1. The summed E-state index contributed by atoms with van der Waals surface area (Å²) in [6.07, 6.45) is 2.60. The first-order chi connectivity index (χ1) is 8.04. The monoisotopic (exact) mass is 257 g/mol. The molecule has 0 aliphatic carbocycles. The minimum atomic E-state index is -1.48. The van der Waals surface area contributed by atoms with Crippen molar-refractivity contribution in [3.63, 3.8) is 0 Å². The molecule has 6 heteroatoms. The number of hydrogen-bond donors (Lipinski definition) is 1. The Labute approximate surface area is 101 Å². The van der Waals surface area contributed by atoms with Gasteiger partial charge in [-0.05, 0) is 18.2 Å². The van der Waals surface area contributed by atoms with Gasteiger partial charge in [-0.2, -0.15) is 0 Å². The molecule has 0 amide bonds. The summed E-state index contributed by atoms with van der Waals surface area (Å²) in [5, 5.41) is 2.69. The molecule has 0 aliphatic rings. The van der Waals surface area contributed by atoms with Gasteiger partial charge in [-0.3, -0.25) is 4.21 Å². The molecule has 0 bridgehead atoms. The highest BCUT2D eigenvalue weighted by Gasteiger charge is 2.13. The van der Waals surface area contributed by atoms with Gasteiger partial charge in [0.1, 0.15) is 10.7 Å². The summed E-state index contributed by atoms with van der Waals surface area (Å²) in [6, 6.07) is 5.69. The van der Waals surface area contributed by atoms with Crippen molar-refractivity contribution in [3.05, 3.63) is 41.2 Å². The molecule has 92 valence electrons. The summed E-state index contributed by atoms with van der Waals surface area (Å²) in [4.78, 5) is 11.2. The molecule has 0 saturated carbocycles. The first-order valence-electron chi connectivity index (χ1n) is 4.68. The van der Waals surface area contributed by atoms with E-state index in [0.717, 1.165) is 0 Å². The Bertz CT molecular complexity index is 474. The molecule has 1 unspecified atom stereocenters. The van der Waals surface area contributed by atoms with Gasteiger partial charge in [0.05, 0.1) is 17.9 Å². The van der Waals surface area contributed by atoms with E-state index in [2.05, 4.69) is 10.1 Å². The van der Waals surface area contributed by atoms with Crippen molar-refractivity contribution < 1.29 is 18.1 Å². The van der Waals surface area contributed by atoms with Crippen molar-refractivity contribution >= 4 is 22.5 Å². The maximum atomic E-state index is 12.9. The van der Waals surface area contributed by atoms with Crippen LogP contribution in [-0.4, -0.2) is 23.5 Å². The Balaban J connectivity index is 2.87. The maximum absolute atomic E-state index is 12.9. The number of ether oxygens (including phenoxy) is 1. The van der Waals surface area contributed by atoms with Gasteiger partial charge in [-0.1, -0.05) is 6.07 Å². The van der Waals surface area contributed by atoms with E-state index in [0.29, 0.717) is 5.69 Å². The highest BCUT2D eigenvalue weighted by atomic mass is 32.2. The third kappa shape index (κ3) is 3.99. The lowest BCUT2D eigenvalue weighted by Crippen LogP contribution is -2.10. The van der Waals surface area contributed by atoms with Crippen molar-refractivity contribution in [1.29, 1.82) is 0 Å². The third-order valence-corrected chi connectivity index (χ3v) is 2.79. The molecule has 0 aliphatic heterocycles. The molecule has 4 nitrogen and oxygen atoms in total. The lowest BCUT2D eigenvalue weighted by molar-refractivity contribution is -0.135. The number of rotatable bonds is 4. The lowest BCUT2D eigenvalue weighted by Gasteiger charge is -2.04. The second-order valence-electron chi connectivity index (χ2n) is 3.11. The van der Waals surface area contributed by atoms with Crippen LogP contribution in [0.15, 0.2) is 35.4 Å². The number of anilines is 1. The molecule has 0 heterocycles. The second kappa shape index (κ2) is 6.15. The molecule has 1 rings (SSSR count). The van der Waals surface area contributed by atoms with E-state index < -0.39 is 22.6 Å².